The highest BCUT2D eigenvalue weighted by atomic mass is 31.2. The van der Waals surface area contributed by atoms with Crippen molar-refractivity contribution >= 4 is 30.4 Å². The van der Waals surface area contributed by atoms with Crippen LogP contribution in [0.25, 0.3) is 10.8 Å². The molecule has 13 heteroatoms. The molecule has 2 aliphatic rings. The number of esters is 1. The molecule has 0 aliphatic carbocycles. The number of hydrogen-bond acceptors (Lipinski definition) is 10. The topological polar surface area (TPSA) is 156 Å². The van der Waals surface area contributed by atoms with E-state index in [9.17, 15) is 24.4 Å². The number of terminal acetylenes is 1. The van der Waals surface area contributed by atoms with Crippen molar-refractivity contribution in [2.45, 2.75) is 43.1 Å². The van der Waals surface area contributed by atoms with Crippen molar-refractivity contribution in [3.63, 3.8) is 0 Å². The van der Waals surface area contributed by atoms with Gasteiger partial charge >= 0.3 is 13.7 Å². The van der Waals surface area contributed by atoms with Crippen LogP contribution in [0, 0.1) is 12.3 Å². The zero-order valence-electron chi connectivity index (χ0n) is 27.3. The Morgan fingerprint density at radius 2 is 1.69 bits per heavy atom. The number of carbonyl (C=O) groups is 2. The monoisotopic (exact) mass is 709 g/mol. The minimum Gasteiger partial charge on any atom is -0.460 e. The number of rotatable bonds is 13. The molecule has 0 saturated carbocycles. The molecule has 4 aromatic carbocycles. The predicted molar refractivity (Wildman–Crippen MR) is 188 cm³/mol. The molecular formula is C38H36N3O9P. The molecule has 262 valence electrons. The maximum absolute atomic E-state index is 15.0. The van der Waals surface area contributed by atoms with E-state index in [0.29, 0.717) is 5.39 Å². The van der Waals surface area contributed by atoms with Gasteiger partial charge in [0.15, 0.2) is 11.8 Å². The van der Waals surface area contributed by atoms with Crippen molar-refractivity contribution in [3.05, 3.63) is 139 Å². The van der Waals surface area contributed by atoms with Gasteiger partial charge in [-0.05, 0) is 29.0 Å². The van der Waals surface area contributed by atoms with E-state index in [1.54, 1.807) is 60.7 Å². The number of aliphatic hydroxyl groups excluding tert-OH is 2. The van der Waals surface area contributed by atoms with E-state index in [-0.39, 0.29) is 24.6 Å². The lowest BCUT2D eigenvalue weighted by Crippen LogP contribution is -2.47. The number of ether oxygens (including phenoxy) is 2. The van der Waals surface area contributed by atoms with Crippen LogP contribution in [0.5, 0.6) is 5.75 Å². The van der Waals surface area contributed by atoms with Crippen LogP contribution in [0.1, 0.15) is 11.1 Å². The van der Waals surface area contributed by atoms with Gasteiger partial charge in [0.1, 0.15) is 43.0 Å². The van der Waals surface area contributed by atoms with Gasteiger partial charge in [-0.25, -0.2) is 4.57 Å². The fourth-order valence-electron chi connectivity index (χ4n) is 5.74. The lowest BCUT2D eigenvalue weighted by Gasteiger charge is -2.33. The van der Waals surface area contributed by atoms with Crippen LogP contribution in [0.3, 0.4) is 0 Å². The normalized spacial score (nSPS) is 23.2. The minimum atomic E-state index is -4.64. The third kappa shape index (κ3) is 8.06. The zero-order chi connectivity index (χ0) is 36.0. The highest BCUT2D eigenvalue weighted by Gasteiger charge is 2.57. The molecule has 0 aromatic heterocycles. The largest absolute Gasteiger partial charge is 0.460 e. The molecule has 4 aromatic rings. The van der Waals surface area contributed by atoms with E-state index in [1.807, 2.05) is 42.5 Å². The molecule has 1 saturated heterocycles. The van der Waals surface area contributed by atoms with Crippen molar-refractivity contribution in [3.8, 4) is 18.1 Å². The number of nitrogens with zero attached hydrogens (tertiary/aromatic N) is 1. The molecule has 6 atom stereocenters. The smallest absolute Gasteiger partial charge is 0.459 e. The number of amides is 1. The van der Waals surface area contributed by atoms with Gasteiger partial charge in [-0.1, -0.05) is 110 Å². The quantitative estimate of drug-likeness (QED) is 0.0899. The van der Waals surface area contributed by atoms with Crippen LogP contribution < -0.4 is 14.9 Å². The third-order valence-corrected chi connectivity index (χ3v) is 9.96. The fraction of sp³-hybridized carbons (Fsp3) is 0.211. The Hall–Kier alpha value is -5.25. The van der Waals surface area contributed by atoms with E-state index in [2.05, 4.69) is 22.9 Å². The second kappa shape index (κ2) is 15.3. The number of nitrogens with one attached hydrogen (secondary N) is 2. The lowest BCUT2D eigenvalue weighted by atomic mass is 9.97. The molecular weight excluding hydrogens is 673 g/mol. The average molecular weight is 710 g/mol. The molecule has 4 N–H and O–H groups in total. The molecule has 2 heterocycles. The average Bonchev–Trinajstić information content (AvgIpc) is 3.39. The summed E-state index contributed by atoms with van der Waals surface area (Å²) in [6.07, 6.45) is 3.75. The van der Waals surface area contributed by atoms with Gasteiger partial charge in [0.25, 0.3) is 5.91 Å². The molecule has 1 fully saturated rings. The van der Waals surface area contributed by atoms with Crippen LogP contribution >= 0.6 is 7.75 Å². The highest BCUT2D eigenvalue weighted by molar-refractivity contribution is 7.52. The fourth-order valence-corrected chi connectivity index (χ4v) is 7.28. The summed E-state index contributed by atoms with van der Waals surface area (Å²) in [7, 11) is -4.64. The molecule has 0 bridgehead atoms. The second-order valence-corrected chi connectivity index (χ2v) is 13.6. The van der Waals surface area contributed by atoms with Crippen molar-refractivity contribution in [2.75, 3.05) is 6.61 Å². The lowest BCUT2D eigenvalue weighted by molar-refractivity contribution is -0.147. The standard InChI is InChI=1S/C38H36N3O9P/c1-3-38(35(44)34(43)36(49-38)41-22-21-33(42)39-26(41)2)25-48-51(46,50-32-20-12-18-29-17-10-11-19-30(29)32)40-31(23-27-13-6-4-7-14-27)37(45)47-24-28-15-8-5-9-16-28/h1,4-22,31,34-36,43-44H,2,23-25H2,(H,39,42)(H,40,46)/t31-,34-,35+,36?,38?,51?/m1/s1. The summed E-state index contributed by atoms with van der Waals surface area (Å²) in [5.41, 5.74) is -0.592. The Labute approximate surface area is 294 Å². The van der Waals surface area contributed by atoms with Crippen LogP contribution in [0.15, 0.2) is 128 Å². The highest BCUT2D eigenvalue weighted by Crippen LogP contribution is 2.49. The summed E-state index contributed by atoms with van der Waals surface area (Å²) in [5.74, 6) is 1.41. The first kappa shape index (κ1) is 35.6. The number of fused-ring (bicyclic) bond motifs is 1. The Morgan fingerprint density at radius 1 is 1.02 bits per heavy atom. The molecule has 12 nitrogen and oxygen atoms in total. The van der Waals surface area contributed by atoms with Gasteiger partial charge in [-0.15, -0.1) is 6.42 Å². The van der Waals surface area contributed by atoms with Crippen molar-refractivity contribution in [1.29, 1.82) is 0 Å². The van der Waals surface area contributed by atoms with Crippen LogP contribution in [-0.4, -0.2) is 63.7 Å². The maximum atomic E-state index is 15.0. The Morgan fingerprint density at radius 3 is 2.39 bits per heavy atom. The number of aliphatic hydroxyl groups is 2. The first-order valence-electron chi connectivity index (χ1n) is 16.0. The summed E-state index contributed by atoms with van der Waals surface area (Å²) < 4.78 is 38.8. The Kier molecular flexibility index (Phi) is 10.7. The van der Waals surface area contributed by atoms with Gasteiger partial charge < -0.3 is 34.4 Å². The summed E-state index contributed by atoms with van der Waals surface area (Å²) in [5, 5.41) is 28.9. The molecule has 2 aliphatic heterocycles. The molecule has 3 unspecified atom stereocenters. The van der Waals surface area contributed by atoms with Gasteiger partial charge in [0, 0.05) is 17.7 Å². The van der Waals surface area contributed by atoms with E-state index in [0.717, 1.165) is 16.5 Å². The van der Waals surface area contributed by atoms with E-state index in [4.69, 9.17) is 24.9 Å². The van der Waals surface area contributed by atoms with Gasteiger partial charge in [-0.2, -0.15) is 5.09 Å². The van der Waals surface area contributed by atoms with Crippen molar-refractivity contribution < 1.29 is 42.9 Å². The summed E-state index contributed by atoms with van der Waals surface area (Å²) in [6.45, 7) is 2.96. The Balaban J connectivity index is 1.32. The molecule has 0 radical (unpaired) electrons. The summed E-state index contributed by atoms with van der Waals surface area (Å²) in [4.78, 5) is 26.8. The summed E-state index contributed by atoms with van der Waals surface area (Å²) in [6, 6.07) is 29.3. The molecule has 51 heavy (non-hydrogen) atoms. The van der Waals surface area contributed by atoms with Crippen LogP contribution in [0.2, 0.25) is 0 Å². The minimum absolute atomic E-state index is 0.0377. The number of benzene rings is 4. The maximum Gasteiger partial charge on any atom is 0.459 e. The van der Waals surface area contributed by atoms with Crippen molar-refractivity contribution in [1.82, 2.24) is 15.3 Å². The van der Waals surface area contributed by atoms with Gasteiger partial charge in [-0.3, -0.25) is 14.1 Å². The van der Waals surface area contributed by atoms with Gasteiger partial charge in [0.05, 0.1) is 0 Å². The molecule has 1 amide bonds. The predicted octanol–water partition coefficient (Wildman–Crippen LogP) is 4.15. The second-order valence-electron chi connectivity index (χ2n) is 11.9. The SMILES string of the molecule is C#CC1(COP(=O)(N[C@H](Cc2ccccc2)C(=O)OCc2ccccc2)Oc2cccc3ccccc23)OC(N2C=CC(=O)NC2=C)[C@H](O)[C@@H]1O. The van der Waals surface area contributed by atoms with E-state index < -0.39 is 56.3 Å². The number of carbonyl (C=O) groups excluding carboxylic acids is 2. The van der Waals surface area contributed by atoms with Crippen LogP contribution in [-0.2, 0) is 41.2 Å². The van der Waals surface area contributed by atoms with E-state index >= 15 is 0 Å². The van der Waals surface area contributed by atoms with Crippen LogP contribution in [0.4, 0.5) is 0 Å². The number of hydrogen-bond donors (Lipinski definition) is 4. The third-order valence-electron chi connectivity index (χ3n) is 8.43. The molecule has 0 spiro atoms. The van der Waals surface area contributed by atoms with Crippen molar-refractivity contribution in [2.24, 2.45) is 0 Å². The zero-order valence-corrected chi connectivity index (χ0v) is 28.2. The van der Waals surface area contributed by atoms with E-state index in [1.165, 1.54) is 17.2 Å². The molecule has 6 rings (SSSR count). The van der Waals surface area contributed by atoms with Gasteiger partial charge in [0.2, 0.25) is 0 Å². The first-order valence-corrected chi connectivity index (χ1v) is 17.6. The summed E-state index contributed by atoms with van der Waals surface area (Å²) >= 11 is 0. The Bertz CT molecular complexity index is 2010. The first-order chi connectivity index (χ1) is 24.6.